The zero-order chi connectivity index (χ0) is 11.1. The van der Waals surface area contributed by atoms with E-state index in [4.69, 9.17) is 4.74 Å². The molecule has 1 aliphatic rings. The van der Waals surface area contributed by atoms with Gasteiger partial charge in [-0.1, -0.05) is 0 Å². The molecule has 1 rings (SSSR count). The quantitative estimate of drug-likeness (QED) is 0.538. The summed E-state index contributed by atoms with van der Waals surface area (Å²) >= 11 is 0. The van der Waals surface area contributed by atoms with Gasteiger partial charge < -0.3 is 15.0 Å². The summed E-state index contributed by atoms with van der Waals surface area (Å²) in [4.78, 5) is 13.7. The van der Waals surface area contributed by atoms with Gasteiger partial charge in [0, 0.05) is 19.5 Å². The zero-order valence-corrected chi connectivity index (χ0v) is 9.79. The third kappa shape index (κ3) is 5.14. The first-order valence-corrected chi connectivity index (χ1v) is 5.75. The van der Waals surface area contributed by atoms with Crippen LogP contribution in [0.4, 0.5) is 0 Å². The van der Waals surface area contributed by atoms with Crippen molar-refractivity contribution in [3.63, 3.8) is 0 Å². The van der Waals surface area contributed by atoms with E-state index >= 15 is 0 Å². The number of hydrogen-bond donors (Lipinski definition) is 1. The van der Waals surface area contributed by atoms with Crippen molar-refractivity contribution in [3.8, 4) is 0 Å². The van der Waals surface area contributed by atoms with Crippen LogP contribution in [0.1, 0.15) is 25.7 Å². The maximum atomic E-state index is 11.4. The van der Waals surface area contributed by atoms with Gasteiger partial charge in [-0.05, 0) is 39.9 Å². The number of hydrogen-bond acceptors (Lipinski definition) is 4. The molecule has 0 aromatic carbocycles. The Bertz CT molecular complexity index is 189. The van der Waals surface area contributed by atoms with Crippen LogP contribution in [0.2, 0.25) is 0 Å². The Morgan fingerprint density at radius 1 is 1.47 bits per heavy atom. The Kier molecular flexibility index (Phi) is 5.65. The van der Waals surface area contributed by atoms with Crippen molar-refractivity contribution >= 4 is 5.97 Å². The van der Waals surface area contributed by atoms with Crippen molar-refractivity contribution in [2.24, 2.45) is 0 Å². The number of piperidine rings is 1. The van der Waals surface area contributed by atoms with Gasteiger partial charge in [-0.3, -0.25) is 4.79 Å². The Morgan fingerprint density at radius 2 is 2.13 bits per heavy atom. The van der Waals surface area contributed by atoms with Gasteiger partial charge in [-0.15, -0.1) is 0 Å². The fourth-order valence-corrected chi connectivity index (χ4v) is 1.76. The van der Waals surface area contributed by atoms with Gasteiger partial charge in [-0.25, -0.2) is 0 Å². The first kappa shape index (κ1) is 12.5. The molecule has 4 heteroatoms. The van der Waals surface area contributed by atoms with E-state index in [-0.39, 0.29) is 12.1 Å². The van der Waals surface area contributed by atoms with Gasteiger partial charge in [-0.2, -0.15) is 0 Å². The SMILES string of the molecule is CNCCCC(=O)OC1CCN(C)CC1. The Hall–Kier alpha value is -0.610. The highest BCUT2D eigenvalue weighted by molar-refractivity contribution is 5.69. The molecule has 0 atom stereocenters. The van der Waals surface area contributed by atoms with Crippen molar-refractivity contribution < 1.29 is 9.53 Å². The van der Waals surface area contributed by atoms with Gasteiger partial charge in [0.15, 0.2) is 0 Å². The van der Waals surface area contributed by atoms with Crippen LogP contribution in [0.25, 0.3) is 0 Å². The maximum Gasteiger partial charge on any atom is 0.306 e. The van der Waals surface area contributed by atoms with Gasteiger partial charge in [0.05, 0.1) is 0 Å². The maximum absolute atomic E-state index is 11.4. The van der Waals surface area contributed by atoms with Crippen LogP contribution in [-0.4, -0.2) is 50.7 Å². The molecule has 0 amide bonds. The summed E-state index contributed by atoms with van der Waals surface area (Å²) in [6, 6.07) is 0. The van der Waals surface area contributed by atoms with Crippen LogP contribution in [0.15, 0.2) is 0 Å². The summed E-state index contributed by atoms with van der Waals surface area (Å²) in [5, 5.41) is 3.02. The first-order valence-electron chi connectivity index (χ1n) is 5.75. The topological polar surface area (TPSA) is 41.6 Å². The van der Waals surface area contributed by atoms with E-state index in [1.54, 1.807) is 0 Å². The van der Waals surface area contributed by atoms with E-state index in [0.29, 0.717) is 6.42 Å². The third-order valence-electron chi connectivity index (χ3n) is 2.77. The number of carbonyl (C=O) groups excluding carboxylic acids is 1. The van der Waals surface area contributed by atoms with Crippen LogP contribution in [-0.2, 0) is 9.53 Å². The molecule has 1 saturated heterocycles. The number of rotatable bonds is 5. The lowest BCUT2D eigenvalue weighted by Crippen LogP contribution is -2.35. The molecule has 1 heterocycles. The predicted octanol–water partition coefficient (Wildman–Crippen LogP) is 0.623. The van der Waals surface area contributed by atoms with Gasteiger partial charge >= 0.3 is 5.97 Å². The second-order valence-corrected chi connectivity index (χ2v) is 4.20. The van der Waals surface area contributed by atoms with E-state index in [0.717, 1.165) is 38.9 Å². The number of likely N-dealkylation sites (tertiary alicyclic amines) is 1. The molecular weight excluding hydrogens is 192 g/mol. The van der Waals surface area contributed by atoms with Crippen LogP contribution in [0.3, 0.4) is 0 Å². The molecule has 0 aliphatic carbocycles. The number of ether oxygens (including phenoxy) is 1. The largest absolute Gasteiger partial charge is 0.462 e. The molecule has 0 unspecified atom stereocenters. The molecule has 0 saturated carbocycles. The normalized spacial score (nSPS) is 19.1. The standard InChI is InChI=1S/C11H22N2O2/c1-12-7-3-4-11(14)15-10-5-8-13(2)9-6-10/h10,12H,3-9H2,1-2H3. The van der Waals surface area contributed by atoms with Crippen LogP contribution in [0.5, 0.6) is 0 Å². The summed E-state index contributed by atoms with van der Waals surface area (Å²) in [6.45, 7) is 2.95. The van der Waals surface area contributed by atoms with Gasteiger partial charge in [0.25, 0.3) is 0 Å². The molecule has 0 bridgehead atoms. The number of carbonyl (C=O) groups is 1. The molecule has 0 spiro atoms. The highest BCUT2D eigenvalue weighted by Crippen LogP contribution is 2.13. The van der Waals surface area contributed by atoms with Crippen molar-refractivity contribution in [1.82, 2.24) is 10.2 Å². The molecule has 0 aromatic heterocycles. The summed E-state index contributed by atoms with van der Waals surface area (Å²) in [5.41, 5.74) is 0. The minimum Gasteiger partial charge on any atom is -0.462 e. The highest BCUT2D eigenvalue weighted by atomic mass is 16.5. The van der Waals surface area contributed by atoms with E-state index in [2.05, 4.69) is 17.3 Å². The number of esters is 1. The zero-order valence-electron chi connectivity index (χ0n) is 9.79. The molecule has 1 aliphatic heterocycles. The monoisotopic (exact) mass is 214 g/mol. The van der Waals surface area contributed by atoms with E-state index in [1.165, 1.54) is 0 Å². The van der Waals surface area contributed by atoms with Crippen LogP contribution >= 0.6 is 0 Å². The molecule has 1 fully saturated rings. The Labute approximate surface area is 92.0 Å². The second-order valence-electron chi connectivity index (χ2n) is 4.20. The van der Waals surface area contributed by atoms with Crippen molar-refractivity contribution in [3.05, 3.63) is 0 Å². The molecule has 15 heavy (non-hydrogen) atoms. The lowest BCUT2D eigenvalue weighted by Gasteiger charge is -2.28. The third-order valence-corrected chi connectivity index (χ3v) is 2.77. The van der Waals surface area contributed by atoms with E-state index in [9.17, 15) is 4.79 Å². The molecular formula is C11H22N2O2. The lowest BCUT2D eigenvalue weighted by atomic mass is 10.1. The minimum atomic E-state index is -0.0418. The summed E-state index contributed by atoms with van der Waals surface area (Å²) in [6.07, 6.45) is 3.51. The van der Waals surface area contributed by atoms with Crippen molar-refractivity contribution in [2.45, 2.75) is 31.8 Å². The number of nitrogens with one attached hydrogen (secondary N) is 1. The van der Waals surface area contributed by atoms with Crippen molar-refractivity contribution in [2.75, 3.05) is 33.7 Å². The smallest absolute Gasteiger partial charge is 0.306 e. The number of nitrogens with zero attached hydrogens (tertiary/aromatic N) is 1. The lowest BCUT2D eigenvalue weighted by molar-refractivity contribution is -0.151. The predicted molar refractivity (Wildman–Crippen MR) is 59.8 cm³/mol. The summed E-state index contributed by atoms with van der Waals surface area (Å²) < 4.78 is 5.39. The highest BCUT2D eigenvalue weighted by Gasteiger charge is 2.19. The van der Waals surface area contributed by atoms with Gasteiger partial charge in [0.2, 0.25) is 0 Å². The summed E-state index contributed by atoms with van der Waals surface area (Å²) in [5.74, 6) is -0.0418. The average molecular weight is 214 g/mol. The van der Waals surface area contributed by atoms with Crippen molar-refractivity contribution in [1.29, 1.82) is 0 Å². The fraction of sp³-hybridized carbons (Fsp3) is 0.909. The Morgan fingerprint density at radius 3 is 2.73 bits per heavy atom. The summed E-state index contributed by atoms with van der Waals surface area (Å²) in [7, 11) is 3.99. The van der Waals surface area contributed by atoms with Crippen LogP contribution < -0.4 is 5.32 Å². The molecule has 88 valence electrons. The Balaban J connectivity index is 2.09. The second kappa shape index (κ2) is 6.80. The first-order chi connectivity index (χ1) is 7.22. The fourth-order valence-electron chi connectivity index (χ4n) is 1.76. The molecule has 0 radical (unpaired) electrons. The van der Waals surface area contributed by atoms with E-state index < -0.39 is 0 Å². The van der Waals surface area contributed by atoms with Crippen LogP contribution in [0, 0.1) is 0 Å². The molecule has 4 nitrogen and oxygen atoms in total. The minimum absolute atomic E-state index is 0.0418. The molecule has 1 N–H and O–H groups in total. The average Bonchev–Trinajstić information content (AvgIpc) is 2.22. The molecule has 0 aromatic rings. The van der Waals surface area contributed by atoms with E-state index in [1.807, 2.05) is 7.05 Å². The van der Waals surface area contributed by atoms with Gasteiger partial charge in [0.1, 0.15) is 6.10 Å².